The van der Waals surface area contributed by atoms with Crippen LogP contribution in [-0.2, 0) is 9.59 Å². The predicted octanol–water partition coefficient (Wildman–Crippen LogP) is 3.95. The fourth-order valence-corrected chi connectivity index (χ4v) is 3.35. The zero-order chi connectivity index (χ0) is 15.5. The molecule has 2 N–H and O–H groups in total. The summed E-state index contributed by atoms with van der Waals surface area (Å²) in [6, 6.07) is 4.31. The van der Waals surface area contributed by atoms with Crippen LogP contribution in [0, 0.1) is 11.2 Å². The Morgan fingerprint density at radius 1 is 1.29 bits per heavy atom. The minimum absolute atomic E-state index is 0.0125. The first-order valence-electron chi connectivity index (χ1n) is 6.87. The van der Waals surface area contributed by atoms with E-state index in [-0.39, 0.29) is 24.4 Å². The quantitative estimate of drug-likeness (QED) is 0.838. The molecular formula is C15H17BrFNO3. The normalized spacial score (nSPS) is 16.7. The topological polar surface area (TPSA) is 66.4 Å². The molecule has 1 aliphatic rings. The van der Waals surface area contributed by atoms with E-state index in [9.17, 15) is 14.0 Å². The average molecular weight is 358 g/mol. The van der Waals surface area contributed by atoms with Gasteiger partial charge in [0.05, 0.1) is 12.1 Å². The monoisotopic (exact) mass is 357 g/mol. The number of anilines is 1. The van der Waals surface area contributed by atoms with Gasteiger partial charge < -0.3 is 10.4 Å². The Labute approximate surface area is 130 Å². The molecule has 0 unspecified atom stereocenters. The summed E-state index contributed by atoms with van der Waals surface area (Å²) in [5.74, 6) is -1.74. The average Bonchev–Trinajstić information content (AvgIpc) is 2.80. The number of hydrogen-bond acceptors (Lipinski definition) is 2. The second kappa shape index (κ2) is 6.56. The van der Waals surface area contributed by atoms with Gasteiger partial charge in [-0.15, -0.1) is 0 Å². The first kappa shape index (κ1) is 15.9. The summed E-state index contributed by atoms with van der Waals surface area (Å²) in [4.78, 5) is 23.1. The van der Waals surface area contributed by atoms with Gasteiger partial charge in [-0.3, -0.25) is 9.59 Å². The molecule has 0 spiro atoms. The van der Waals surface area contributed by atoms with E-state index in [0.717, 1.165) is 25.7 Å². The number of carbonyl (C=O) groups is 2. The third-order valence-corrected chi connectivity index (χ3v) is 4.42. The van der Waals surface area contributed by atoms with E-state index in [2.05, 4.69) is 21.2 Å². The first-order chi connectivity index (χ1) is 9.90. The maximum absolute atomic E-state index is 13.6. The summed E-state index contributed by atoms with van der Waals surface area (Å²) in [7, 11) is 0. The molecule has 1 aromatic rings. The fourth-order valence-electron chi connectivity index (χ4n) is 2.99. The Bertz CT molecular complexity index is 556. The lowest BCUT2D eigenvalue weighted by atomic mass is 9.79. The SMILES string of the molecule is O=C(O)CC1(CC(=O)Nc2cc(Br)ccc2F)CCCC1. The van der Waals surface area contributed by atoms with Crippen molar-refractivity contribution in [3.8, 4) is 0 Å². The van der Waals surface area contributed by atoms with Gasteiger partial charge in [0.1, 0.15) is 5.82 Å². The zero-order valence-corrected chi connectivity index (χ0v) is 13.1. The maximum atomic E-state index is 13.6. The van der Waals surface area contributed by atoms with Crippen molar-refractivity contribution in [2.75, 3.05) is 5.32 Å². The lowest BCUT2D eigenvalue weighted by Gasteiger charge is -2.26. The summed E-state index contributed by atoms with van der Waals surface area (Å²) >= 11 is 3.22. The Morgan fingerprint density at radius 2 is 1.95 bits per heavy atom. The molecule has 21 heavy (non-hydrogen) atoms. The smallest absolute Gasteiger partial charge is 0.303 e. The molecule has 1 amide bonds. The highest BCUT2D eigenvalue weighted by Gasteiger charge is 2.38. The van der Waals surface area contributed by atoms with Crippen LogP contribution in [0.1, 0.15) is 38.5 Å². The number of carboxylic acid groups (broad SMARTS) is 1. The molecule has 1 fully saturated rings. The van der Waals surface area contributed by atoms with Crippen molar-refractivity contribution in [1.82, 2.24) is 0 Å². The lowest BCUT2D eigenvalue weighted by molar-refractivity contribution is -0.140. The Kier molecular flexibility index (Phi) is 4.98. The van der Waals surface area contributed by atoms with E-state index in [0.29, 0.717) is 4.47 Å². The Hall–Kier alpha value is -1.43. The van der Waals surface area contributed by atoms with Crippen molar-refractivity contribution >= 4 is 33.5 Å². The summed E-state index contributed by atoms with van der Waals surface area (Å²) in [6.07, 6.45) is 3.44. The van der Waals surface area contributed by atoms with E-state index >= 15 is 0 Å². The number of rotatable bonds is 5. The van der Waals surface area contributed by atoms with Crippen LogP contribution in [0.2, 0.25) is 0 Å². The molecule has 0 heterocycles. The van der Waals surface area contributed by atoms with Crippen LogP contribution in [0.4, 0.5) is 10.1 Å². The van der Waals surface area contributed by atoms with Crippen molar-refractivity contribution in [3.05, 3.63) is 28.5 Å². The molecule has 0 aliphatic heterocycles. The Morgan fingerprint density at radius 3 is 2.57 bits per heavy atom. The van der Waals surface area contributed by atoms with Crippen molar-refractivity contribution in [1.29, 1.82) is 0 Å². The van der Waals surface area contributed by atoms with Crippen molar-refractivity contribution in [2.24, 2.45) is 5.41 Å². The van der Waals surface area contributed by atoms with E-state index < -0.39 is 17.2 Å². The maximum Gasteiger partial charge on any atom is 0.303 e. The minimum Gasteiger partial charge on any atom is -0.481 e. The number of carbonyl (C=O) groups excluding carboxylic acids is 1. The second-order valence-corrected chi connectivity index (χ2v) is 6.54. The van der Waals surface area contributed by atoms with Crippen LogP contribution >= 0.6 is 15.9 Å². The number of hydrogen-bond donors (Lipinski definition) is 2. The standard InChI is InChI=1S/C15H17BrFNO3/c16-10-3-4-11(17)12(7-10)18-13(19)8-15(9-14(20)21)5-1-2-6-15/h3-4,7H,1-2,5-6,8-9H2,(H,18,19)(H,20,21). The number of nitrogens with one attached hydrogen (secondary N) is 1. The molecule has 0 aromatic heterocycles. The van der Waals surface area contributed by atoms with Crippen LogP contribution < -0.4 is 5.32 Å². The van der Waals surface area contributed by atoms with Crippen molar-refractivity contribution in [2.45, 2.75) is 38.5 Å². The van der Waals surface area contributed by atoms with Crippen molar-refractivity contribution < 1.29 is 19.1 Å². The van der Waals surface area contributed by atoms with Crippen LogP contribution in [0.25, 0.3) is 0 Å². The molecule has 0 radical (unpaired) electrons. The Balaban J connectivity index is 2.06. The number of carboxylic acids is 1. The van der Waals surface area contributed by atoms with E-state index in [1.165, 1.54) is 12.1 Å². The van der Waals surface area contributed by atoms with E-state index in [4.69, 9.17) is 5.11 Å². The molecular weight excluding hydrogens is 341 g/mol. The number of benzene rings is 1. The molecule has 1 saturated carbocycles. The van der Waals surface area contributed by atoms with Gasteiger partial charge in [0.15, 0.2) is 0 Å². The van der Waals surface area contributed by atoms with Crippen LogP contribution in [0.15, 0.2) is 22.7 Å². The first-order valence-corrected chi connectivity index (χ1v) is 7.66. The summed E-state index contributed by atoms with van der Waals surface area (Å²) in [5, 5.41) is 11.6. The van der Waals surface area contributed by atoms with Gasteiger partial charge in [-0.2, -0.15) is 0 Å². The molecule has 114 valence electrons. The highest BCUT2D eigenvalue weighted by atomic mass is 79.9. The van der Waals surface area contributed by atoms with Crippen LogP contribution in [0.5, 0.6) is 0 Å². The molecule has 2 rings (SSSR count). The second-order valence-electron chi connectivity index (χ2n) is 5.63. The molecule has 0 atom stereocenters. The number of halogens is 2. The van der Waals surface area contributed by atoms with E-state index in [1.807, 2.05) is 0 Å². The highest BCUT2D eigenvalue weighted by Crippen LogP contribution is 2.44. The van der Waals surface area contributed by atoms with Gasteiger partial charge >= 0.3 is 5.97 Å². The lowest BCUT2D eigenvalue weighted by Crippen LogP contribution is -2.28. The van der Waals surface area contributed by atoms with Gasteiger partial charge in [0, 0.05) is 10.9 Å². The molecule has 1 aromatic carbocycles. The summed E-state index contributed by atoms with van der Waals surface area (Å²) in [6.45, 7) is 0. The molecule has 1 aliphatic carbocycles. The van der Waals surface area contributed by atoms with Gasteiger partial charge in [-0.05, 0) is 36.5 Å². The third kappa shape index (κ3) is 4.27. The van der Waals surface area contributed by atoms with Gasteiger partial charge in [-0.1, -0.05) is 28.8 Å². The molecule has 0 bridgehead atoms. The predicted molar refractivity (Wildman–Crippen MR) is 80.5 cm³/mol. The molecule has 4 nitrogen and oxygen atoms in total. The fraction of sp³-hybridized carbons (Fsp3) is 0.467. The number of aliphatic carboxylic acids is 1. The zero-order valence-electron chi connectivity index (χ0n) is 11.5. The number of amides is 1. The van der Waals surface area contributed by atoms with Gasteiger partial charge in [0.25, 0.3) is 0 Å². The van der Waals surface area contributed by atoms with Crippen molar-refractivity contribution in [3.63, 3.8) is 0 Å². The third-order valence-electron chi connectivity index (χ3n) is 3.93. The van der Waals surface area contributed by atoms with Gasteiger partial charge in [0.2, 0.25) is 5.91 Å². The highest BCUT2D eigenvalue weighted by molar-refractivity contribution is 9.10. The largest absolute Gasteiger partial charge is 0.481 e. The van der Waals surface area contributed by atoms with E-state index in [1.54, 1.807) is 6.07 Å². The summed E-state index contributed by atoms with van der Waals surface area (Å²) in [5.41, 5.74) is -0.379. The van der Waals surface area contributed by atoms with Crippen LogP contribution in [-0.4, -0.2) is 17.0 Å². The van der Waals surface area contributed by atoms with Crippen LogP contribution in [0.3, 0.4) is 0 Å². The molecule has 6 heteroatoms. The van der Waals surface area contributed by atoms with Gasteiger partial charge in [-0.25, -0.2) is 4.39 Å². The summed E-state index contributed by atoms with van der Waals surface area (Å²) < 4.78 is 14.3. The molecule has 0 saturated heterocycles. The minimum atomic E-state index is -0.890.